The van der Waals surface area contributed by atoms with Crippen LogP contribution in [0.1, 0.15) is 44.1 Å². The van der Waals surface area contributed by atoms with Crippen LogP contribution >= 0.6 is 0 Å². The third kappa shape index (κ3) is 4.79. The molecule has 1 saturated heterocycles. The molecule has 1 fully saturated rings. The van der Waals surface area contributed by atoms with E-state index in [9.17, 15) is 9.59 Å². The average Bonchev–Trinajstić information content (AvgIpc) is 2.99. The van der Waals surface area contributed by atoms with Crippen molar-refractivity contribution in [1.82, 2.24) is 10.2 Å². The fourth-order valence-electron chi connectivity index (χ4n) is 3.63. The lowest BCUT2D eigenvalue weighted by Crippen LogP contribution is -2.39. The zero-order valence-electron chi connectivity index (χ0n) is 16.6. The Morgan fingerprint density at radius 1 is 1.31 bits per heavy atom. The largest absolute Gasteiger partial charge is 0.492 e. The van der Waals surface area contributed by atoms with Gasteiger partial charge in [-0.05, 0) is 25.0 Å². The Morgan fingerprint density at radius 3 is 2.79 bits per heavy atom. The minimum Gasteiger partial charge on any atom is -0.492 e. The number of aliphatic hydroxyl groups excluding tert-OH is 1. The molecule has 0 saturated carbocycles. The lowest BCUT2D eigenvalue weighted by atomic mass is 10.1. The molecule has 0 spiro atoms. The van der Waals surface area contributed by atoms with Crippen LogP contribution in [0.25, 0.3) is 0 Å². The topological polar surface area (TPSA) is 126 Å². The Kier molecular flexibility index (Phi) is 6.92. The van der Waals surface area contributed by atoms with Crippen molar-refractivity contribution in [1.29, 1.82) is 0 Å². The summed E-state index contributed by atoms with van der Waals surface area (Å²) < 4.78 is 11.5. The molecular formula is C20H28N4O5. The minimum absolute atomic E-state index is 0.0744. The standard InChI is InChI=1S/C20H28N4O5/c1-28-18-13-12-24-15(11-17(21)26)19(27)23-20(24)22-14(13)7-8-16(18)29-10-6-4-2-3-5-9-25/h7-8,15,25H,2-6,9-12H2,1H3,(H2,21,26)(H,22,23,27). The quantitative estimate of drug-likeness (QED) is 0.476. The predicted molar refractivity (Wildman–Crippen MR) is 107 cm³/mol. The second kappa shape index (κ2) is 9.60. The fraction of sp³-hybridized carbons (Fsp3) is 0.550. The van der Waals surface area contributed by atoms with Crippen LogP contribution < -0.4 is 20.5 Å². The van der Waals surface area contributed by atoms with Crippen LogP contribution in [0.5, 0.6) is 11.5 Å². The number of hydrogen-bond acceptors (Lipinski definition) is 7. The zero-order chi connectivity index (χ0) is 20.8. The van der Waals surface area contributed by atoms with Crippen molar-refractivity contribution in [3.8, 4) is 11.5 Å². The van der Waals surface area contributed by atoms with Crippen molar-refractivity contribution in [2.75, 3.05) is 20.3 Å². The molecule has 1 aromatic carbocycles. The summed E-state index contributed by atoms with van der Waals surface area (Å²) in [6, 6.07) is 2.99. The summed E-state index contributed by atoms with van der Waals surface area (Å²) >= 11 is 0. The molecule has 2 aliphatic heterocycles. The highest BCUT2D eigenvalue weighted by atomic mass is 16.5. The van der Waals surface area contributed by atoms with Gasteiger partial charge in [-0.2, -0.15) is 0 Å². The zero-order valence-corrected chi connectivity index (χ0v) is 16.6. The van der Waals surface area contributed by atoms with Gasteiger partial charge in [-0.1, -0.05) is 19.3 Å². The van der Waals surface area contributed by atoms with Crippen LogP contribution in [0.4, 0.5) is 5.69 Å². The average molecular weight is 404 g/mol. The molecule has 0 aliphatic carbocycles. The SMILES string of the molecule is COc1c(OCCCCCCCO)ccc2c1CN1C(=N2)NC(=O)C1CC(N)=O. The predicted octanol–water partition coefficient (Wildman–Crippen LogP) is 1.19. The summed E-state index contributed by atoms with van der Waals surface area (Å²) in [7, 11) is 1.57. The first kappa shape index (κ1) is 20.9. The molecule has 1 unspecified atom stereocenters. The van der Waals surface area contributed by atoms with E-state index in [1.165, 1.54) is 0 Å². The maximum atomic E-state index is 12.2. The molecule has 2 heterocycles. The van der Waals surface area contributed by atoms with E-state index in [2.05, 4.69) is 10.3 Å². The first-order chi connectivity index (χ1) is 14.0. The maximum absolute atomic E-state index is 12.2. The first-order valence-electron chi connectivity index (χ1n) is 9.93. The van der Waals surface area contributed by atoms with Gasteiger partial charge < -0.3 is 25.2 Å². The molecule has 0 radical (unpaired) electrons. The number of primary amides is 1. The van der Waals surface area contributed by atoms with E-state index in [4.69, 9.17) is 20.3 Å². The smallest absolute Gasteiger partial charge is 0.250 e. The molecule has 0 bridgehead atoms. The molecule has 3 rings (SSSR count). The van der Waals surface area contributed by atoms with Gasteiger partial charge in [-0.15, -0.1) is 0 Å². The Hall–Kier alpha value is -2.81. The number of aliphatic imine (C=N–C) groups is 1. The number of carbonyl (C=O) groups is 2. The van der Waals surface area contributed by atoms with Crippen molar-refractivity contribution < 1.29 is 24.2 Å². The minimum atomic E-state index is -0.674. The van der Waals surface area contributed by atoms with Crippen molar-refractivity contribution in [2.24, 2.45) is 10.7 Å². The van der Waals surface area contributed by atoms with Gasteiger partial charge in [-0.3, -0.25) is 14.9 Å². The van der Waals surface area contributed by atoms with Crippen molar-refractivity contribution in [3.05, 3.63) is 17.7 Å². The van der Waals surface area contributed by atoms with E-state index in [0.717, 1.165) is 37.7 Å². The molecule has 158 valence electrons. The van der Waals surface area contributed by atoms with Gasteiger partial charge in [0.25, 0.3) is 0 Å². The van der Waals surface area contributed by atoms with Crippen LogP contribution in [0, 0.1) is 0 Å². The van der Waals surface area contributed by atoms with Gasteiger partial charge >= 0.3 is 0 Å². The Bertz CT molecular complexity index is 795. The van der Waals surface area contributed by atoms with Gasteiger partial charge in [0.15, 0.2) is 11.5 Å². The van der Waals surface area contributed by atoms with Crippen LogP contribution in [0.2, 0.25) is 0 Å². The number of nitrogens with zero attached hydrogens (tertiary/aromatic N) is 2. The van der Waals surface area contributed by atoms with Gasteiger partial charge in [0.05, 0.1) is 32.4 Å². The molecular weight excluding hydrogens is 376 g/mol. The second-order valence-corrected chi connectivity index (χ2v) is 7.17. The third-order valence-electron chi connectivity index (χ3n) is 5.10. The number of aliphatic hydroxyl groups is 1. The summed E-state index contributed by atoms with van der Waals surface area (Å²) in [6.45, 7) is 1.18. The highest BCUT2D eigenvalue weighted by Gasteiger charge is 2.40. The van der Waals surface area contributed by atoms with E-state index in [0.29, 0.717) is 36.3 Å². The highest BCUT2D eigenvalue weighted by Crippen LogP contribution is 2.41. The Balaban J connectivity index is 1.69. The van der Waals surface area contributed by atoms with E-state index in [1.807, 2.05) is 12.1 Å². The number of amides is 2. The van der Waals surface area contributed by atoms with Gasteiger partial charge in [0.1, 0.15) is 6.04 Å². The number of methoxy groups -OCH3 is 1. The monoisotopic (exact) mass is 404 g/mol. The summed E-state index contributed by atoms with van der Waals surface area (Å²) in [5, 5.41) is 11.5. The summed E-state index contributed by atoms with van der Waals surface area (Å²) in [5.41, 5.74) is 6.80. The number of unbranched alkanes of at least 4 members (excludes halogenated alkanes) is 4. The first-order valence-corrected chi connectivity index (χ1v) is 9.93. The molecule has 9 nitrogen and oxygen atoms in total. The van der Waals surface area contributed by atoms with E-state index < -0.39 is 11.9 Å². The summed E-state index contributed by atoms with van der Waals surface area (Å²) in [6.07, 6.45) is 4.81. The van der Waals surface area contributed by atoms with E-state index in [1.54, 1.807) is 12.0 Å². The van der Waals surface area contributed by atoms with Crippen LogP contribution in [0.3, 0.4) is 0 Å². The number of carbonyl (C=O) groups excluding carboxylic acids is 2. The van der Waals surface area contributed by atoms with Crippen molar-refractivity contribution >= 4 is 23.5 Å². The molecule has 4 N–H and O–H groups in total. The third-order valence-corrected chi connectivity index (χ3v) is 5.10. The fourth-order valence-corrected chi connectivity index (χ4v) is 3.63. The van der Waals surface area contributed by atoms with Gasteiger partial charge in [0.2, 0.25) is 17.8 Å². The number of hydrogen-bond donors (Lipinski definition) is 3. The number of nitrogens with one attached hydrogen (secondary N) is 1. The summed E-state index contributed by atoms with van der Waals surface area (Å²) in [4.78, 5) is 29.8. The number of guanidine groups is 1. The molecule has 29 heavy (non-hydrogen) atoms. The molecule has 1 atom stereocenters. The number of ether oxygens (including phenoxy) is 2. The van der Waals surface area contributed by atoms with Crippen LogP contribution in [0.15, 0.2) is 17.1 Å². The van der Waals surface area contributed by atoms with E-state index >= 15 is 0 Å². The van der Waals surface area contributed by atoms with Crippen molar-refractivity contribution in [3.63, 3.8) is 0 Å². The van der Waals surface area contributed by atoms with Gasteiger partial charge in [-0.25, -0.2) is 4.99 Å². The normalized spacial score (nSPS) is 17.3. The molecule has 9 heteroatoms. The number of nitrogens with two attached hydrogens (primary N) is 1. The Labute approximate surface area is 169 Å². The molecule has 0 aromatic heterocycles. The second-order valence-electron chi connectivity index (χ2n) is 7.17. The molecule has 2 aliphatic rings. The number of rotatable bonds is 11. The molecule has 1 aromatic rings. The van der Waals surface area contributed by atoms with Crippen LogP contribution in [-0.2, 0) is 16.1 Å². The van der Waals surface area contributed by atoms with E-state index in [-0.39, 0.29) is 18.9 Å². The van der Waals surface area contributed by atoms with Crippen LogP contribution in [-0.4, -0.2) is 54.1 Å². The lowest BCUT2D eigenvalue weighted by Gasteiger charge is -2.29. The Morgan fingerprint density at radius 2 is 2.07 bits per heavy atom. The highest BCUT2D eigenvalue weighted by molar-refractivity contribution is 6.09. The number of fused-ring (bicyclic) bond motifs is 2. The molecule has 2 amide bonds. The lowest BCUT2D eigenvalue weighted by molar-refractivity contribution is -0.126. The van der Waals surface area contributed by atoms with Gasteiger partial charge in [0, 0.05) is 12.2 Å². The maximum Gasteiger partial charge on any atom is 0.250 e. The summed E-state index contributed by atoms with van der Waals surface area (Å²) in [5.74, 6) is 0.813. The van der Waals surface area contributed by atoms with Crippen molar-refractivity contribution in [2.45, 2.75) is 51.1 Å². The number of benzene rings is 1.